The van der Waals surface area contributed by atoms with Crippen LogP contribution < -0.4 is 14.2 Å². The Labute approximate surface area is 229 Å². The van der Waals surface area contributed by atoms with Gasteiger partial charge in [0.2, 0.25) is 0 Å². The quantitative estimate of drug-likeness (QED) is 0.183. The largest absolute Gasteiger partial charge is 0.619 e. The minimum Gasteiger partial charge on any atom is -0.619 e. The van der Waals surface area contributed by atoms with Crippen molar-refractivity contribution in [3.8, 4) is 11.5 Å². The smallest absolute Gasteiger partial charge is 0.433 e. The predicted octanol–water partition coefficient (Wildman–Crippen LogP) is 5.23. The topological polar surface area (TPSA) is 116 Å². The summed E-state index contributed by atoms with van der Waals surface area (Å²) in [6, 6.07) is 5.49. The molecule has 1 aromatic carbocycles. The molecular weight excluding hydrogens is 596 g/mol. The van der Waals surface area contributed by atoms with Crippen molar-refractivity contribution < 1.29 is 64.3 Å². The third-order valence-corrected chi connectivity index (χ3v) is 7.27. The summed E-state index contributed by atoms with van der Waals surface area (Å²) in [6.07, 6.45) is -9.40. The summed E-state index contributed by atoms with van der Waals surface area (Å²) >= 11 is -0.253. The van der Waals surface area contributed by atoms with E-state index in [0.29, 0.717) is 19.0 Å². The second kappa shape index (κ2) is 10.9. The number of halogens is 8. The molecule has 0 spiro atoms. The normalized spacial score (nSPS) is 16.0. The van der Waals surface area contributed by atoms with Gasteiger partial charge in [0.15, 0.2) is 23.9 Å². The van der Waals surface area contributed by atoms with Crippen LogP contribution in [-0.4, -0.2) is 46.2 Å². The molecule has 41 heavy (non-hydrogen) atoms. The third-order valence-electron chi connectivity index (χ3n) is 6.08. The zero-order valence-electron chi connectivity index (χ0n) is 20.2. The van der Waals surface area contributed by atoms with E-state index in [1.165, 1.54) is 12.1 Å². The minimum absolute atomic E-state index is 0.117. The Balaban J connectivity index is 1.93. The number of rotatable bonds is 10. The molecule has 17 heteroatoms. The Morgan fingerprint density at radius 1 is 1.07 bits per heavy atom. The van der Waals surface area contributed by atoms with E-state index in [2.05, 4.69) is 9.72 Å². The first kappa shape index (κ1) is 30.2. The number of hydrogen-bond donors (Lipinski definition) is 2. The molecule has 2 atom stereocenters. The van der Waals surface area contributed by atoms with E-state index in [9.17, 15) is 55.3 Å². The van der Waals surface area contributed by atoms with E-state index in [0.717, 1.165) is 30.6 Å². The van der Waals surface area contributed by atoms with Gasteiger partial charge in [-0.15, -0.1) is 11.3 Å². The lowest BCUT2D eigenvalue weighted by Gasteiger charge is -2.30. The van der Waals surface area contributed by atoms with Gasteiger partial charge in [-0.1, -0.05) is 6.07 Å². The molecule has 1 unspecified atom stereocenters. The number of carbonyl (C=O) groups is 1. The van der Waals surface area contributed by atoms with Crippen molar-refractivity contribution in [2.24, 2.45) is 0 Å². The molecule has 222 valence electrons. The number of ether oxygens (including phenoxy) is 2. The van der Waals surface area contributed by atoms with Crippen LogP contribution in [0, 0.1) is 5.21 Å². The molecule has 8 nitrogen and oxygen atoms in total. The number of hydrogen-bond acceptors (Lipinski definition) is 7. The highest BCUT2D eigenvalue weighted by atomic mass is 32.1. The maximum absolute atomic E-state index is 13.5. The van der Waals surface area contributed by atoms with Crippen molar-refractivity contribution in [3.05, 3.63) is 75.1 Å². The van der Waals surface area contributed by atoms with Crippen molar-refractivity contribution in [1.29, 1.82) is 0 Å². The van der Waals surface area contributed by atoms with Crippen molar-refractivity contribution in [2.75, 3.05) is 0 Å². The fourth-order valence-corrected chi connectivity index (χ4v) is 5.24. The van der Waals surface area contributed by atoms with Crippen LogP contribution in [0.1, 0.15) is 45.7 Å². The van der Waals surface area contributed by atoms with Crippen LogP contribution in [0.15, 0.2) is 48.9 Å². The second-order valence-corrected chi connectivity index (χ2v) is 10.0. The average molecular weight is 614 g/mol. The molecule has 1 saturated carbocycles. The zero-order chi connectivity index (χ0) is 30.3. The summed E-state index contributed by atoms with van der Waals surface area (Å²) in [5.41, 5.74) is -5.70. The monoisotopic (exact) mass is 614 g/mol. The number of aliphatic carboxylic acids is 1. The zero-order valence-corrected chi connectivity index (χ0v) is 21.0. The lowest BCUT2D eigenvalue weighted by Crippen LogP contribution is -2.53. The van der Waals surface area contributed by atoms with Crippen molar-refractivity contribution >= 4 is 17.3 Å². The van der Waals surface area contributed by atoms with Gasteiger partial charge in [0, 0.05) is 28.6 Å². The molecule has 0 radical (unpaired) electrons. The fraction of sp³-hybridized carbons (Fsp3) is 0.375. The summed E-state index contributed by atoms with van der Waals surface area (Å²) in [6.45, 7) is -3.28. The Kier molecular flexibility index (Phi) is 8.05. The molecule has 1 aliphatic carbocycles. The van der Waals surface area contributed by atoms with Crippen molar-refractivity contribution in [2.45, 2.75) is 55.3 Å². The maximum atomic E-state index is 13.5. The van der Waals surface area contributed by atoms with E-state index < -0.39 is 64.1 Å². The van der Waals surface area contributed by atoms with E-state index in [1.54, 1.807) is 0 Å². The van der Waals surface area contributed by atoms with E-state index in [-0.39, 0.29) is 32.9 Å². The number of nitrogens with zero attached hydrogens (tertiary/aromatic N) is 2. The van der Waals surface area contributed by atoms with Crippen LogP contribution in [0.4, 0.5) is 35.1 Å². The van der Waals surface area contributed by atoms with Gasteiger partial charge in [-0.25, -0.2) is 4.98 Å². The van der Waals surface area contributed by atoms with Gasteiger partial charge in [0.1, 0.15) is 5.01 Å². The van der Waals surface area contributed by atoms with Crippen LogP contribution in [-0.2, 0) is 10.4 Å². The predicted molar refractivity (Wildman–Crippen MR) is 122 cm³/mol. The molecule has 2 heterocycles. The molecule has 4 rings (SSSR count). The summed E-state index contributed by atoms with van der Waals surface area (Å²) in [7, 11) is 0. The molecule has 0 saturated heterocycles. The molecule has 1 aliphatic rings. The van der Waals surface area contributed by atoms with Crippen LogP contribution in [0.2, 0.25) is 0 Å². The highest BCUT2D eigenvalue weighted by Crippen LogP contribution is 2.53. The Morgan fingerprint density at radius 3 is 2.27 bits per heavy atom. The van der Waals surface area contributed by atoms with Gasteiger partial charge in [-0.3, -0.25) is 4.79 Å². The Hall–Kier alpha value is -3.73. The minimum atomic E-state index is -6.25. The second-order valence-electron chi connectivity index (χ2n) is 8.97. The van der Waals surface area contributed by atoms with E-state index in [4.69, 9.17) is 4.74 Å². The first-order valence-electron chi connectivity index (χ1n) is 11.5. The molecule has 0 bridgehead atoms. The average Bonchev–Trinajstić information content (AvgIpc) is 3.53. The van der Waals surface area contributed by atoms with Crippen LogP contribution in [0.5, 0.6) is 11.5 Å². The van der Waals surface area contributed by atoms with Gasteiger partial charge < -0.3 is 24.9 Å². The third kappa shape index (κ3) is 6.14. The number of thiazole rings is 1. The number of alkyl halides is 8. The number of carboxylic acid groups (broad SMARTS) is 1. The maximum Gasteiger partial charge on any atom is 0.433 e. The van der Waals surface area contributed by atoms with Gasteiger partial charge in [0.25, 0.3) is 0 Å². The molecule has 0 amide bonds. The summed E-state index contributed by atoms with van der Waals surface area (Å²) in [5, 5.41) is 30.1. The summed E-state index contributed by atoms with van der Waals surface area (Å²) in [4.78, 5) is 15.2. The fourth-order valence-electron chi connectivity index (χ4n) is 4.02. The van der Waals surface area contributed by atoms with Gasteiger partial charge in [-0.05, 0) is 36.6 Å². The van der Waals surface area contributed by atoms with E-state index >= 15 is 0 Å². The summed E-state index contributed by atoms with van der Waals surface area (Å²) in [5.74, 6) is -5.83. The Morgan fingerprint density at radius 2 is 1.73 bits per heavy atom. The standard InChI is InChI=1S/C24H18F8N2O6S/c25-21(26)40-14-6-3-11(8-15(14)39-13-4-5-13)17(18(19(35)36)12-2-1-7-34(38)10-12)16-9-33-20(41-16)22(37,23(27,28)29)24(30,31)32/h1-3,6-10,13,17-18,21,37H,4-5H2,(H,35,36)/t17-,18?/m0/s1. The highest BCUT2D eigenvalue weighted by molar-refractivity contribution is 7.11. The van der Waals surface area contributed by atoms with Gasteiger partial charge in [-0.2, -0.15) is 39.9 Å². The van der Waals surface area contributed by atoms with E-state index in [1.807, 2.05) is 0 Å². The number of aromatic nitrogens is 2. The first-order chi connectivity index (χ1) is 19.0. The highest BCUT2D eigenvalue weighted by Gasteiger charge is 2.73. The number of benzene rings is 1. The number of aliphatic hydroxyl groups is 1. The number of pyridine rings is 1. The molecule has 2 N–H and O–H groups in total. The van der Waals surface area contributed by atoms with Crippen LogP contribution in [0.3, 0.4) is 0 Å². The van der Waals surface area contributed by atoms with Crippen LogP contribution in [0.25, 0.3) is 0 Å². The van der Waals surface area contributed by atoms with Crippen molar-refractivity contribution in [3.63, 3.8) is 0 Å². The van der Waals surface area contributed by atoms with Gasteiger partial charge >= 0.3 is 30.5 Å². The number of carboxylic acids is 1. The van der Waals surface area contributed by atoms with Crippen molar-refractivity contribution in [1.82, 2.24) is 4.98 Å². The molecule has 1 fully saturated rings. The lowest BCUT2D eigenvalue weighted by atomic mass is 9.81. The molecule has 0 aliphatic heterocycles. The summed E-state index contributed by atoms with van der Waals surface area (Å²) < 4.78 is 117. The Bertz CT molecular complexity index is 1400. The first-order valence-corrected chi connectivity index (χ1v) is 12.3. The van der Waals surface area contributed by atoms with Gasteiger partial charge in [0.05, 0.1) is 12.0 Å². The molecule has 3 aromatic rings. The van der Waals surface area contributed by atoms with Crippen LogP contribution >= 0.6 is 11.3 Å². The molecule has 2 aromatic heterocycles. The SMILES string of the molecule is O=C(O)C(c1ccc[n+]([O-])c1)[C@@H](c1ccc(OC(F)F)c(OC2CC2)c1)c1cnc(C(O)(C(F)(F)F)C(F)(F)F)s1. The molecular formula is C24H18F8N2O6S. The lowest BCUT2D eigenvalue weighted by molar-refractivity contribution is -0.605.